The molecule has 0 fully saturated rings. The SMILES string of the molecule is CNC[C@H](O)C/C=C(\CC(C)C)C(C)=O. The van der Waals surface area contributed by atoms with Gasteiger partial charge in [-0.1, -0.05) is 19.9 Å². The van der Waals surface area contributed by atoms with E-state index in [2.05, 4.69) is 19.2 Å². The molecule has 88 valence electrons. The number of hydrogen-bond acceptors (Lipinski definition) is 3. The molecule has 0 aliphatic rings. The number of Topliss-reactive ketones (excluding diaryl/α,β-unsaturated/α-hetero) is 1. The molecule has 0 radical (unpaired) electrons. The molecule has 0 rings (SSSR count). The van der Waals surface area contributed by atoms with Gasteiger partial charge in [-0.15, -0.1) is 0 Å². The third-order valence-corrected chi connectivity index (χ3v) is 2.16. The van der Waals surface area contributed by atoms with Crippen LogP contribution in [0.4, 0.5) is 0 Å². The minimum Gasteiger partial charge on any atom is -0.391 e. The van der Waals surface area contributed by atoms with E-state index in [1.165, 1.54) is 0 Å². The van der Waals surface area contributed by atoms with Gasteiger partial charge in [0.05, 0.1) is 6.10 Å². The molecule has 0 amide bonds. The summed E-state index contributed by atoms with van der Waals surface area (Å²) < 4.78 is 0. The molecular weight excluding hydrogens is 190 g/mol. The Kier molecular flexibility index (Phi) is 7.26. The highest BCUT2D eigenvalue weighted by atomic mass is 16.3. The van der Waals surface area contributed by atoms with Gasteiger partial charge < -0.3 is 10.4 Å². The van der Waals surface area contributed by atoms with Crippen molar-refractivity contribution in [3.05, 3.63) is 11.6 Å². The lowest BCUT2D eigenvalue weighted by atomic mass is 9.98. The first-order chi connectivity index (χ1) is 6.97. The molecule has 0 aromatic carbocycles. The maximum Gasteiger partial charge on any atom is 0.155 e. The first-order valence-corrected chi connectivity index (χ1v) is 5.50. The molecular formula is C12H23NO2. The predicted molar refractivity (Wildman–Crippen MR) is 62.8 cm³/mol. The summed E-state index contributed by atoms with van der Waals surface area (Å²) in [6, 6.07) is 0. The highest BCUT2D eigenvalue weighted by Gasteiger charge is 2.07. The molecule has 15 heavy (non-hydrogen) atoms. The second kappa shape index (κ2) is 7.60. The maximum absolute atomic E-state index is 11.3. The van der Waals surface area contributed by atoms with Gasteiger partial charge in [0.2, 0.25) is 0 Å². The van der Waals surface area contributed by atoms with Crippen LogP contribution in [-0.2, 0) is 4.79 Å². The van der Waals surface area contributed by atoms with Gasteiger partial charge >= 0.3 is 0 Å². The molecule has 0 aromatic heterocycles. The Bertz CT molecular complexity index is 222. The van der Waals surface area contributed by atoms with Crippen LogP contribution in [0.15, 0.2) is 11.6 Å². The summed E-state index contributed by atoms with van der Waals surface area (Å²) in [5, 5.41) is 12.4. The van der Waals surface area contributed by atoms with E-state index in [0.717, 1.165) is 12.0 Å². The fraction of sp³-hybridized carbons (Fsp3) is 0.750. The smallest absolute Gasteiger partial charge is 0.155 e. The lowest BCUT2D eigenvalue weighted by molar-refractivity contribution is -0.113. The molecule has 3 nitrogen and oxygen atoms in total. The minimum atomic E-state index is -0.406. The van der Waals surface area contributed by atoms with E-state index in [1.54, 1.807) is 14.0 Å². The van der Waals surface area contributed by atoms with Crippen LogP contribution in [0.25, 0.3) is 0 Å². The van der Waals surface area contributed by atoms with Crippen molar-refractivity contribution < 1.29 is 9.90 Å². The molecule has 0 aliphatic carbocycles. The number of ketones is 1. The fourth-order valence-corrected chi connectivity index (χ4v) is 1.41. The number of rotatable bonds is 7. The normalized spacial score (nSPS) is 14.4. The van der Waals surface area contributed by atoms with Crippen molar-refractivity contribution in [2.75, 3.05) is 13.6 Å². The van der Waals surface area contributed by atoms with Crippen molar-refractivity contribution in [1.82, 2.24) is 5.32 Å². The van der Waals surface area contributed by atoms with Gasteiger partial charge in [0, 0.05) is 6.54 Å². The number of carbonyl (C=O) groups is 1. The number of aliphatic hydroxyl groups is 1. The van der Waals surface area contributed by atoms with Crippen LogP contribution >= 0.6 is 0 Å². The Hall–Kier alpha value is -0.670. The van der Waals surface area contributed by atoms with E-state index in [0.29, 0.717) is 18.9 Å². The van der Waals surface area contributed by atoms with Gasteiger partial charge in [-0.05, 0) is 38.3 Å². The van der Waals surface area contributed by atoms with E-state index in [-0.39, 0.29) is 5.78 Å². The molecule has 0 bridgehead atoms. The van der Waals surface area contributed by atoms with Crippen LogP contribution in [0, 0.1) is 5.92 Å². The lowest BCUT2D eigenvalue weighted by Crippen LogP contribution is -2.22. The number of aliphatic hydroxyl groups excluding tert-OH is 1. The van der Waals surface area contributed by atoms with E-state index in [9.17, 15) is 9.90 Å². The van der Waals surface area contributed by atoms with Crippen molar-refractivity contribution >= 4 is 5.78 Å². The number of carbonyl (C=O) groups excluding carboxylic acids is 1. The fourth-order valence-electron chi connectivity index (χ4n) is 1.41. The van der Waals surface area contributed by atoms with Gasteiger partial charge in [0.15, 0.2) is 5.78 Å². The molecule has 0 aliphatic heterocycles. The van der Waals surface area contributed by atoms with Crippen LogP contribution in [0.2, 0.25) is 0 Å². The molecule has 0 saturated carbocycles. The second-order valence-corrected chi connectivity index (χ2v) is 4.33. The second-order valence-electron chi connectivity index (χ2n) is 4.33. The molecule has 1 atom stereocenters. The molecule has 0 unspecified atom stereocenters. The largest absolute Gasteiger partial charge is 0.391 e. The molecule has 0 spiro atoms. The number of likely N-dealkylation sites (N-methyl/N-ethyl adjacent to an activating group) is 1. The Balaban J connectivity index is 4.23. The van der Waals surface area contributed by atoms with Gasteiger partial charge in [0.1, 0.15) is 0 Å². The third-order valence-electron chi connectivity index (χ3n) is 2.16. The van der Waals surface area contributed by atoms with E-state index < -0.39 is 6.10 Å². The zero-order valence-electron chi connectivity index (χ0n) is 10.2. The maximum atomic E-state index is 11.3. The summed E-state index contributed by atoms with van der Waals surface area (Å²) in [5.41, 5.74) is 0.833. The van der Waals surface area contributed by atoms with E-state index in [1.807, 2.05) is 6.08 Å². The Labute approximate surface area is 92.6 Å². The first kappa shape index (κ1) is 14.3. The minimum absolute atomic E-state index is 0.111. The summed E-state index contributed by atoms with van der Waals surface area (Å²) in [7, 11) is 1.80. The summed E-state index contributed by atoms with van der Waals surface area (Å²) >= 11 is 0. The van der Waals surface area contributed by atoms with Crippen LogP contribution in [-0.4, -0.2) is 30.6 Å². The number of hydrogen-bond donors (Lipinski definition) is 2. The van der Waals surface area contributed by atoms with Crippen molar-refractivity contribution in [1.29, 1.82) is 0 Å². The monoisotopic (exact) mass is 213 g/mol. The quantitative estimate of drug-likeness (QED) is 0.630. The third kappa shape index (κ3) is 7.28. The molecule has 3 heteroatoms. The van der Waals surface area contributed by atoms with Crippen molar-refractivity contribution in [3.8, 4) is 0 Å². The number of allylic oxidation sites excluding steroid dienone is 1. The van der Waals surface area contributed by atoms with Crippen molar-refractivity contribution in [2.24, 2.45) is 5.92 Å². The van der Waals surface area contributed by atoms with Crippen LogP contribution in [0.5, 0.6) is 0 Å². The van der Waals surface area contributed by atoms with Crippen molar-refractivity contribution in [3.63, 3.8) is 0 Å². The van der Waals surface area contributed by atoms with E-state index in [4.69, 9.17) is 0 Å². The molecule has 0 aromatic rings. The standard InChI is InChI=1S/C12H23NO2/c1-9(2)7-11(10(3)14)5-6-12(15)8-13-4/h5,9,12-13,15H,6-8H2,1-4H3/b11-5+/t12-/m1/s1. The van der Waals surface area contributed by atoms with Crippen molar-refractivity contribution in [2.45, 2.75) is 39.7 Å². The first-order valence-electron chi connectivity index (χ1n) is 5.50. The summed E-state index contributed by atoms with van der Waals surface area (Å²) in [6.07, 6.45) is 2.80. The summed E-state index contributed by atoms with van der Waals surface area (Å²) in [5.74, 6) is 0.585. The molecule has 0 heterocycles. The topological polar surface area (TPSA) is 49.3 Å². The zero-order valence-corrected chi connectivity index (χ0v) is 10.2. The highest BCUT2D eigenvalue weighted by Crippen LogP contribution is 2.13. The average molecular weight is 213 g/mol. The predicted octanol–water partition coefficient (Wildman–Crippen LogP) is 1.52. The van der Waals surface area contributed by atoms with Gasteiger partial charge in [0.25, 0.3) is 0 Å². The Morgan fingerprint density at radius 1 is 1.47 bits per heavy atom. The van der Waals surface area contributed by atoms with Crippen LogP contribution < -0.4 is 5.32 Å². The highest BCUT2D eigenvalue weighted by molar-refractivity contribution is 5.93. The lowest BCUT2D eigenvalue weighted by Gasteiger charge is -2.10. The van der Waals surface area contributed by atoms with Crippen LogP contribution in [0.1, 0.15) is 33.6 Å². The van der Waals surface area contributed by atoms with Gasteiger partial charge in [-0.3, -0.25) is 4.79 Å². The summed E-state index contributed by atoms with van der Waals surface area (Å²) in [4.78, 5) is 11.3. The Morgan fingerprint density at radius 3 is 2.47 bits per heavy atom. The van der Waals surface area contributed by atoms with E-state index >= 15 is 0 Å². The van der Waals surface area contributed by atoms with Gasteiger partial charge in [-0.2, -0.15) is 0 Å². The molecule has 0 saturated heterocycles. The number of nitrogens with one attached hydrogen (secondary N) is 1. The Morgan fingerprint density at radius 2 is 2.07 bits per heavy atom. The average Bonchev–Trinajstić information content (AvgIpc) is 2.11. The zero-order chi connectivity index (χ0) is 11.8. The molecule has 2 N–H and O–H groups in total. The van der Waals surface area contributed by atoms with Gasteiger partial charge in [-0.25, -0.2) is 0 Å². The summed E-state index contributed by atoms with van der Waals surface area (Å²) in [6.45, 7) is 6.31. The van der Waals surface area contributed by atoms with Crippen LogP contribution in [0.3, 0.4) is 0 Å².